The second kappa shape index (κ2) is 6.42. The van der Waals surface area contributed by atoms with Gasteiger partial charge in [-0.1, -0.05) is 13.8 Å². The lowest BCUT2D eigenvalue weighted by molar-refractivity contribution is 0.414. The number of nitrogens with zero attached hydrogens (tertiary/aromatic N) is 2. The van der Waals surface area contributed by atoms with Crippen molar-refractivity contribution in [3.63, 3.8) is 0 Å². The van der Waals surface area contributed by atoms with Gasteiger partial charge in [-0.05, 0) is 55.9 Å². The fourth-order valence-electron chi connectivity index (χ4n) is 3.03. The number of anilines is 1. The number of nitrogens with one attached hydrogen (secondary N) is 1. The monoisotopic (exact) mass is 299 g/mol. The zero-order chi connectivity index (χ0) is 15.5. The molecule has 1 aromatic carbocycles. The molecule has 0 spiro atoms. The molecule has 4 heteroatoms. The zero-order valence-corrected chi connectivity index (χ0v) is 13.7. The third kappa shape index (κ3) is 2.96. The summed E-state index contributed by atoms with van der Waals surface area (Å²) in [5.74, 6) is 2.67. The van der Waals surface area contributed by atoms with Gasteiger partial charge in [-0.3, -0.25) is 0 Å². The second-order valence-corrected chi connectivity index (χ2v) is 6.37. The molecule has 0 amide bonds. The summed E-state index contributed by atoms with van der Waals surface area (Å²) in [6, 6.07) is 8.11. The largest absolute Gasteiger partial charge is 0.497 e. The van der Waals surface area contributed by atoms with Crippen LogP contribution in [0, 0.1) is 5.92 Å². The Morgan fingerprint density at radius 1 is 1.23 bits per heavy atom. The molecule has 0 fully saturated rings. The molecule has 0 saturated carbocycles. The summed E-state index contributed by atoms with van der Waals surface area (Å²) in [4.78, 5) is 0. The zero-order valence-electron chi connectivity index (χ0n) is 13.7. The van der Waals surface area contributed by atoms with E-state index in [-0.39, 0.29) is 0 Å². The molecule has 1 N–H and O–H groups in total. The molecule has 3 rings (SSSR count). The van der Waals surface area contributed by atoms with Gasteiger partial charge < -0.3 is 10.1 Å². The van der Waals surface area contributed by atoms with Crippen molar-refractivity contribution in [1.29, 1.82) is 0 Å². The molecule has 0 bridgehead atoms. The summed E-state index contributed by atoms with van der Waals surface area (Å²) in [7, 11) is 1.69. The van der Waals surface area contributed by atoms with E-state index in [1.165, 1.54) is 29.9 Å². The van der Waals surface area contributed by atoms with Gasteiger partial charge in [0.2, 0.25) is 0 Å². The van der Waals surface area contributed by atoms with Gasteiger partial charge in [-0.15, -0.1) is 0 Å². The highest BCUT2D eigenvalue weighted by Crippen LogP contribution is 2.29. The highest BCUT2D eigenvalue weighted by atomic mass is 16.5. The number of hydrogen-bond donors (Lipinski definition) is 1. The van der Waals surface area contributed by atoms with Crippen molar-refractivity contribution in [2.75, 3.05) is 19.0 Å². The van der Waals surface area contributed by atoms with Crippen LogP contribution in [0.5, 0.6) is 5.75 Å². The van der Waals surface area contributed by atoms with E-state index in [9.17, 15) is 0 Å². The summed E-state index contributed by atoms with van der Waals surface area (Å²) in [5.41, 5.74) is 3.73. The predicted molar refractivity (Wildman–Crippen MR) is 90.1 cm³/mol. The van der Waals surface area contributed by atoms with Crippen molar-refractivity contribution in [3.8, 4) is 11.4 Å². The van der Waals surface area contributed by atoms with Crippen LogP contribution >= 0.6 is 0 Å². The van der Waals surface area contributed by atoms with Crippen LogP contribution in [0.4, 0.5) is 5.82 Å². The summed E-state index contributed by atoms with van der Waals surface area (Å²) in [6.07, 6.45) is 4.62. The Labute approximate surface area is 132 Å². The summed E-state index contributed by atoms with van der Waals surface area (Å²) in [5, 5.41) is 8.50. The molecule has 118 valence electrons. The highest BCUT2D eigenvalue weighted by molar-refractivity contribution is 5.54. The molecule has 22 heavy (non-hydrogen) atoms. The van der Waals surface area contributed by atoms with Gasteiger partial charge >= 0.3 is 0 Å². The van der Waals surface area contributed by atoms with E-state index >= 15 is 0 Å². The van der Waals surface area contributed by atoms with Crippen LogP contribution in [0.1, 0.15) is 37.9 Å². The standard InChI is InChI=1S/C18H25N3O/c1-13(2)12-17-16-6-4-5-11-19-18(16)21(20-17)14-7-9-15(22-3)10-8-14/h7-10,13,19H,4-6,11-12H2,1-3H3. The Morgan fingerprint density at radius 3 is 2.68 bits per heavy atom. The number of methoxy groups -OCH3 is 1. The van der Waals surface area contributed by atoms with Crippen molar-refractivity contribution >= 4 is 5.82 Å². The van der Waals surface area contributed by atoms with Crippen molar-refractivity contribution in [2.24, 2.45) is 5.92 Å². The smallest absolute Gasteiger partial charge is 0.133 e. The third-order valence-electron chi connectivity index (χ3n) is 4.13. The number of ether oxygens (including phenoxy) is 1. The highest BCUT2D eigenvalue weighted by Gasteiger charge is 2.20. The van der Waals surface area contributed by atoms with Crippen LogP contribution in [0.3, 0.4) is 0 Å². The fourth-order valence-corrected chi connectivity index (χ4v) is 3.03. The van der Waals surface area contributed by atoms with E-state index < -0.39 is 0 Å². The van der Waals surface area contributed by atoms with Gasteiger partial charge in [0.05, 0.1) is 18.5 Å². The molecular weight excluding hydrogens is 274 g/mol. The molecular formula is C18H25N3O. The minimum absolute atomic E-state index is 0.617. The maximum atomic E-state index is 5.25. The van der Waals surface area contributed by atoms with Crippen LogP contribution in [0.15, 0.2) is 24.3 Å². The lowest BCUT2D eigenvalue weighted by Crippen LogP contribution is -2.07. The number of fused-ring (bicyclic) bond motifs is 1. The van der Waals surface area contributed by atoms with Crippen molar-refractivity contribution < 1.29 is 4.74 Å². The average molecular weight is 299 g/mol. The third-order valence-corrected chi connectivity index (χ3v) is 4.13. The lowest BCUT2D eigenvalue weighted by Gasteiger charge is -2.09. The van der Waals surface area contributed by atoms with Gasteiger partial charge in [0.1, 0.15) is 11.6 Å². The van der Waals surface area contributed by atoms with Gasteiger partial charge in [0.15, 0.2) is 0 Å². The Morgan fingerprint density at radius 2 is 2.00 bits per heavy atom. The number of benzene rings is 1. The molecule has 1 aromatic heterocycles. The fraction of sp³-hybridized carbons (Fsp3) is 0.500. The molecule has 4 nitrogen and oxygen atoms in total. The first-order valence-corrected chi connectivity index (χ1v) is 8.18. The van der Waals surface area contributed by atoms with E-state index in [1.54, 1.807) is 7.11 Å². The topological polar surface area (TPSA) is 39.1 Å². The average Bonchev–Trinajstić information content (AvgIpc) is 2.71. The van der Waals surface area contributed by atoms with Crippen LogP contribution in [-0.2, 0) is 12.8 Å². The van der Waals surface area contributed by atoms with E-state index in [1.807, 2.05) is 12.1 Å². The minimum Gasteiger partial charge on any atom is -0.497 e. The lowest BCUT2D eigenvalue weighted by atomic mass is 10.0. The minimum atomic E-state index is 0.617. The van der Waals surface area contributed by atoms with Crippen molar-refractivity contribution in [2.45, 2.75) is 39.5 Å². The van der Waals surface area contributed by atoms with Gasteiger partial charge in [-0.2, -0.15) is 5.10 Å². The first kappa shape index (κ1) is 14.9. The Bertz CT molecular complexity index is 629. The molecule has 0 aliphatic carbocycles. The van der Waals surface area contributed by atoms with Crippen LogP contribution in [0.2, 0.25) is 0 Å². The van der Waals surface area contributed by atoms with Crippen LogP contribution in [0.25, 0.3) is 5.69 Å². The maximum absolute atomic E-state index is 5.25. The quantitative estimate of drug-likeness (QED) is 0.932. The van der Waals surface area contributed by atoms with Gasteiger partial charge in [-0.25, -0.2) is 4.68 Å². The van der Waals surface area contributed by atoms with E-state index in [0.29, 0.717) is 5.92 Å². The Hall–Kier alpha value is -1.97. The molecule has 0 unspecified atom stereocenters. The maximum Gasteiger partial charge on any atom is 0.133 e. The number of hydrogen-bond acceptors (Lipinski definition) is 3. The molecule has 2 aromatic rings. The first-order valence-electron chi connectivity index (χ1n) is 8.18. The molecule has 0 saturated heterocycles. The van der Waals surface area contributed by atoms with Crippen molar-refractivity contribution in [1.82, 2.24) is 9.78 Å². The molecule has 1 aliphatic rings. The van der Waals surface area contributed by atoms with E-state index in [2.05, 4.69) is 36.0 Å². The Kier molecular flexibility index (Phi) is 4.36. The van der Waals surface area contributed by atoms with E-state index in [4.69, 9.17) is 9.84 Å². The predicted octanol–water partition coefficient (Wildman–Crippen LogP) is 3.83. The molecule has 1 aliphatic heterocycles. The molecule has 2 heterocycles. The Balaban J connectivity index is 2.03. The van der Waals surface area contributed by atoms with E-state index in [0.717, 1.165) is 30.8 Å². The molecule has 0 radical (unpaired) electrons. The molecule has 0 atom stereocenters. The normalized spacial score (nSPS) is 14.4. The first-order chi connectivity index (χ1) is 10.7. The van der Waals surface area contributed by atoms with Crippen LogP contribution in [-0.4, -0.2) is 23.4 Å². The van der Waals surface area contributed by atoms with Crippen molar-refractivity contribution in [3.05, 3.63) is 35.5 Å². The number of rotatable bonds is 4. The summed E-state index contributed by atoms with van der Waals surface area (Å²) >= 11 is 0. The summed E-state index contributed by atoms with van der Waals surface area (Å²) < 4.78 is 7.32. The van der Waals surface area contributed by atoms with Crippen LogP contribution < -0.4 is 10.1 Å². The summed E-state index contributed by atoms with van der Waals surface area (Å²) in [6.45, 7) is 5.53. The van der Waals surface area contributed by atoms with Gasteiger partial charge in [0, 0.05) is 12.1 Å². The van der Waals surface area contributed by atoms with Gasteiger partial charge in [0.25, 0.3) is 0 Å². The SMILES string of the molecule is COc1ccc(-n2nc(CC(C)C)c3c2NCCCC3)cc1. The second-order valence-electron chi connectivity index (χ2n) is 6.37. The number of aromatic nitrogens is 2.